The van der Waals surface area contributed by atoms with Gasteiger partial charge in [-0.1, -0.05) is 0 Å². The molecule has 2 fully saturated rings. The fourth-order valence-electron chi connectivity index (χ4n) is 4.52. The van der Waals surface area contributed by atoms with Crippen LogP contribution in [0.4, 0.5) is 11.4 Å². The summed E-state index contributed by atoms with van der Waals surface area (Å²) in [6, 6.07) is 8.80. The lowest BCUT2D eigenvalue weighted by Gasteiger charge is -2.35. The molecule has 0 aromatic heterocycles. The minimum absolute atomic E-state index is 0.0971. The minimum Gasteiger partial charge on any atom is -0.486 e. The SMILES string of the molecule is O=C(c1cc([N+](=O)[O-])ccc1N1CCOCC1)N1CCN(S(=O)(=O)c2ccc3c(c2)OCCO3)CC1. The normalized spacial score (nSPS) is 18.7. The molecule has 0 aliphatic carbocycles. The van der Waals surface area contributed by atoms with Gasteiger partial charge in [-0.05, 0) is 18.2 Å². The fraction of sp³-hybridized carbons (Fsp3) is 0.435. The molecule has 0 atom stereocenters. The van der Waals surface area contributed by atoms with Crippen LogP contribution in [0, 0.1) is 10.1 Å². The van der Waals surface area contributed by atoms with Crippen molar-refractivity contribution in [1.82, 2.24) is 9.21 Å². The number of anilines is 1. The first-order valence-corrected chi connectivity index (χ1v) is 13.1. The van der Waals surface area contributed by atoms with Gasteiger partial charge in [0.2, 0.25) is 10.0 Å². The lowest BCUT2D eigenvalue weighted by atomic mass is 10.1. The van der Waals surface area contributed by atoms with Gasteiger partial charge in [0.25, 0.3) is 11.6 Å². The van der Waals surface area contributed by atoms with Crippen LogP contribution >= 0.6 is 0 Å². The molecule has 3 heterocycles. The lowest BCUT2D eigenvalue weighted by Crippen LogP contribution is -2.50. The highest BCUT2D eigenvalue weighted by Gasteiger charge is 2.33. The molecular weight excluding hydrogens is 492 g/mol. The molecule has 2 aromatic carbocycles. The molecule has 192 valence electrons. The van der Waals surface area contributed by atoms with E-state index in [2.05, 4.69) is 0 Å². The van der Waals surface area contributed by atoms with Gasteiger partial charge in [0.1, 0.15) is 13.2 Å². The Labute approximate surface area is 208 Å². The Morgan fingerprint density at radius 1 is 0.861 bits per heavy atom. The average Bonchev–Trinajstić information content (AvgIpc) is 2.92. The Morgan fingerprint density at radius 3 is 2.25 bits per heavy atom. The number of carbonyl (C=O) groups is 1. The van der Waals surface area contributed by atoms with Gasteiger partial charge in [0, 0.05) is 57.5 Å². The van der Waals surface area contributed by atoms with Crippen molar-refractivity contribution in [3.05, 3.63) is 52.1 Å². The largest absolute Gasteiger partial charge is 0.486 e. The highest BCUT2D eigenvalue weighted by atomic mass is 32.2. The monoisotopic (exact) mass is 518 g/mol. The molecule has 0 N–H and O–H groups in total. The number of non-ortho nitro benzene ring substituents is 1. The Hall–Kier alpha value is -3.42. The molecule has 2 saturated heterocycles. The van der Waals surface area contributed by atoms with Crippen LogP contribution in [0.5, 0.6) is 11.5 Å². The van der Waals surface area contributed by atoms with Crippen LogP contribution < -0.4 is 14.4 Å². The predicted molar refractivity (Wildman–Crippen MR) is 128 cm³/mol. The van der Waals surface area contributed by atoms with E-state index in [1.165, 1.54) is 28.6 Å². The Kier molecular flexibility index (Phi) is 6.69. The van der Waals surface area contributed by atoms with Gasteiger partial charge in [-0.2, -0.15) is 4.31 Å². The van der Waals surface area contributed by atoms with Gasteiger partial charge >= 0.3 is 0 Å². The Bertz CT molecular complexity index is 1270. The van der Waals surface area contributed by atoms with Crippen molar-refractivity contribution in [3.8, 4) is 11.5 Å². The van der Waals surface area contributed by atoms with E-state index in [4.69, 9.17) is 14.2 Å². The van der Waals surface area contributed by atoms with Gasteiger partial charge in [0.15, 0.2) is 11.5 Å². The van der Waals surface area contributed by atoms with Crippen molar-refractivity contribution in [2.24, 2.45) is 0 Å². The van der Waals surface area contributed by atoms with Crippen LogP contribution in [0.3, 0.4) is 0 Å². The third-order valence-electron chi connectivity index (χ3n) is 6.45. The van der Waals surface area contributed by atoms with Crippen LogP contribution in [0.15, 0.2) is 41.3 Å². The van der Waals surface area contributed by atoms with Gasteiger partial charge < -0.3 is 24.0 Å². The third kappa shape index (κ3) is 4.68. The summed E-state index contributed by atoms with van der Waals surface area (Å²) in [6.07, 6.45) is 0. The van der Waals surface area contributed by atoms with Crippen molar-refractivity contribution in [2.75, 3.05) is 70.6 Å². The Morgan fingerprint density at radius 2 is 1.56 bits per heavy atom. The van der Waals surface area contributed by atoms with Crippen molar-refractivity contribution in [1.29, 1.82) is 0 Å². The smallest absolute Gasteiger partial charge is 0.270 e. The summed E-state index contributed by atoms with van der Waals surface area (Å²) >= 11 is 0. The van der Waals surface area contributed by atoms with Crippen molar-refractivity contribution >= 4 is 27.3 Å². The highest BCUT2D eigenvalue weighted by molar-refractivity contribution is 7.89. The number of amides is 1. The molecule has 0 bridgehead atoms. The molecule has 3 aliphatic heterocycles. The van der Waals surface area contributed by atoms with Crippen molar-refractivity contribution < 1.29 is 32.3 Å². The summed E-state index contributed by atoms with van der Waals surface area (Å²) in [5.74, 6) is 0.526. The maximum atomic E-state index is 13.5. The zero-order chi connectivity index (χ0) is 25.3. The molecule has 36 heavy (non-hydrogen) atoms. The first-order chi connectivity index (χ1) is 17.3. The summed E-state index contributed by atoms with van der Waals surface area (Å²) in [5.41, 5.74) is 0.671. The standard InChI is InChI=1S/C23H26N4O8S/c28-23(19-15-17(27(29)30)1-3-20(19)24-9-11-33-12-10-24)25-5-7-26(8-6-25)36(31,32)18-2-4-21-22(16-18)35-14-13-34-21/h1-4,15-16H,5-14H2. The number of fused-ring (bicyclic) bond motifs is 1. The number of rotatable bonds is 5. The second-order valence-electron chi connectivity index (χ2n) is 8.56. The lowest BCUT2D eigenvalue weighted by molar-refractivity contribution is -0.384. The maximum Gasteiger partial charge on any atom is 0.270 e. The number of hydrogen-bond acceptors (Lipinski definition) is 9. The predicted octanol–water partition coefficient (Wildman–Crippen LogP) is 1.35. The molecule has 3 aliphatic rings. The van der Waals surface area contributed by atoms with Gasteiger partial charge in [-0.3, -0.25) is 14.9 Å². The summed E-state index contributed by atoms with van der Waals surface area (Å²) in [7, 11) is -3.80. The van der Waals surface area contributed by atoms with E-state index >= 15 is 0 Å². The zero-order valence-electron chi connectivity index (χ0n) is 19.5. The van der Waals surface area contributed by atoms with Gasteiger partial charge in [-0.15, -0.1) is 0 Å². The van der Waals surface area contributed by atoms with Crippen LogP contribution in [0.25, 0.3) is 0 Å². The fourth-order valence-corrected chi connectivity index (χ4v) is 5.96. The summed E-state index contributed by atoms with van der Waals surface area (Å²) in [6.45, 7) is 3.42. The molecule has 0 unspecified atom stereocenters. The first kappa shape index (κ1) is 24.3. The summed E-state index contributed by atoms with van der Waals surface area (Å²) in [4.78, 5) is 27.9. The van der Waals surface area contributed by atoms with E-state index in [0.717, 1.165) is 0 Å². The van der Waals surface area contributed by atoms with Gasteiger partial charge in [-0.25, -0.2) is 8.42 Å². The average molecular weight is 519 g/mol. The van der Waals surface area contributed by atoms with Gasteiger partial charge in [0.05, 0.1) is 34.3 Å². The molecule has 5 rings (SSSR count). The minimum atomic E-state index is -3.80. The number of benzene rings is 2. The van der Waals surface area contributed by atoms with Crippen LogP contribution in [0.2, 0.25) is 0 Å². The van der Waals surface area contributed by atoms with E-state index in [1.807, 2.05) is 4.90 Å². The molecule has 0 spiro atoms. The van der Waals surface area contributed by atoms with E-state index < -0.39 is 14.9 Å². The number of hydrogen-bond donors (Lipinski definition) is 0. The molecular formula is C23H26N4O8S. The number of piperazine rings is 1. The van der Waals surface area contributed by atoms with Crippen molar-refractivity contribution in [3.63, 3.8) is 0 Å². The van der Waals surface area contributed by atoms with E-state index in [1.54, 1.807) is 17.0 Å². The Balaban J connectivity index is 1.33. The molecule has 12 nitrogen and oxygen atoms in total. The van der Waals surface area contributed by atoms with E-state index in [9.17, 15) is 23.3 Å². The van der Waals surface area contributed by atoms with Crippen LogP contribution in [-0.4, -0.2) is 94.1 Å². The topological polar surface area (TPSA) is 132 Å². The number of nitro benzene ring substituents is 1. The molecule has 13 heteroatoms. The first-order valence-electron chi connectivity index (χ1n) is 11.6. The van der Waals surface area contributed by atoms with E-state index in [0.29, 0.717) is 56.7 Å². The highest BCUT2D eigenvalue weighted by Crippen LogP contribution is 2.34. The molecule has 1 amide bonds. The number of nitro groups is 1. The van der Waals surface area contributed by atoms with E-state index in [-0.39, 0.29) is 48.2 Å². The number of morpholine rings is 1. The second-order valence-corrected chi connectivity index (χ2v) is 10.5. The van der Waals surface area contributed by atoms with Crippen LogP contribution in [-0.2, 0) is 14.8 Å². The molecule has 2 aromatic rings. The van der Waals surface area contributed by atoms with Crippen molar-refractivity contribution in [2.45, 2.75) is 4.90 Å². The van der Waals surface area contributed by atoms with Crippen LogP contribution in [0.1, 0.15) is 10.4 Å². The summed E-state index contributed by atoms with van der Waals surface area (Å²) < 4.78 is 44.2. The number of sulfonamides is 1. The zero-order valence-corrected chi connectivity index (χ0v) is 20.3. The summed E-state index contributed by atoms with van der Waals surface area (Å²) in [5, 5.41) is 11.4. The number of ether oxygens (including phenoxy) is 3. The third-order valence-corrected chi connectivity index (χ3v) is 8.35. The maximum absolute atomic E-state index is 13.5. The molecule has 0 saturated carbocycles. The number of nitrogens with zero attached hydrogens (tertiary/aromatic N) is 4. The number of carbonyl (C=O) groups excluding carboxylic acids is 1. The second kappa shape index (κ2) is 9.91. The molecule has 0 radical (unpaired) electrons. The quantitative estimate of drug-likeness (QED) is 0.425.